The van der Waals surface area contributed by atoms with E-state index >= 15 is 0 Å². The third-order valence-corrected chi connectivity index (χ3v) is 4.33. The normalized spacial score (nSPS) is 13.0. The summed E-state index contributed by atoms with van der Waals surface area (Å²) >= 11 is 0. The number of sulfonamides is 1. The minimum atomic E-state index is -5.96. The second kappa shape index (κ2) is 8.63. The van der Waals surface area contributed by atoms with Crippen LogP contribution in [0.4, 0.5) is 13.2 Å². The maximum absolute atomic E-state index is 12.4. The molecule has 2 aromatic rings. The Morgan fingerprint density at radius 3 is 2.04 bits per heavy atom. The highest BCUT2D eigenvalue weighted by Crippen LogP contribution is 2.33. The lowest BCUT2D eigenvalue weighted by atomic mass is 10.1. The average Bonchev–Trinajstić information content (AvgIpc) is 2.62. The van der Waals surface area contributed by atoms with E-state index in [4.69, 9.17) is 19.7 Å². The lowest BCUT2D eigenvalue weighted by Crippen LogP contribution is -2.27. The van der Waals surface area contributed by atoms with Crippen LogP contribution in [0.3, 0.4) is 0 Å². The zero-order valence-corrected chi connectivity index (χ0v) is 15.0. The molecule has 0 bridgehead atoms. The van der Waals surface area contributed by atoms with Gasteiger partial charge in [-0.25, -0.2) is 0 Å². The van der Waals surface area contributed by atoms with Gasteiger partial charge < -0.3 is 24.8 Å². The zero-order chi connectivity index (χ0) is 20.9. The number of aliphatic hydroxyl groups is 2. The molecule has 0 atom stereocenters. The van der Waals surface area contributed by atoms with Crippen molar-refractivity contribution in [1.82, 2.24) is 0 Å². The molecule has 2 rings (SSSR count). The van der Waals surface area contributed by atoms with Crippen molar-refractivity contribution in [2.24, 2.45) is 4.40 Å². The topological polar surface area (TPSA) is 128 Å². The van der Waals surface area contributed by atoms with E-state index in [1.807, 2.05) is 0 Å². The lowest BCUT2D eigenvalue weighted by Gasteiger charge is -2.15. The number of fused-ring (bicyclic) bond motifs is 1. The molecule has 0 radical (unpaired) electrons. The molecule has 8 nitrogen and oxygen atoms in total. The summed E-state index contributed by atoms with van der Waals surface area (Å²) in [7, 11) is -5.96. The van der Waals surface area contributed by atoms with Gasteiger partial charge in [0.05, 0.1) is 13.2 Å². The summed E-state index contributed by atoms with van der Waals surface area (Å²) in [5.74, 6) is -1.18. The van der Waals surface area contributed by atoms with Gasteiger partial charge in [-0.1, -0.05) is 12.1 Å². The van der Waals surface area contributed by atoms with E-state index in [2.05, 4.69) is 4.40 Å². The van der Waals surface area contributed by atoms with Crippen LogP contribution in [-0.4, -0.2) is 56.5 Å². The molecule has 0 spiro atoms. The number of nitrogens with zero attached hydrogens (tertiary/aromatic N) is 1. The molecule has 0 fully saturated rings. The van der Waals surface area contributed by atoms with Gasteiger partial charge in [0, 0.05) is 5.90 Å². The first kappa shape index (κ1) is 21.7. The Bertz CT molecular complexity index is 974. The van der Waals surface area contributed by atoms with Crippen LogP contribution in [0.5, 0.6) is 11.5 Å². The maximum atomic E-state index is 12.4. The van der Waals surface area contributed by atoms with Crippen molar-refractivity contribution in [2.75, 3.05) is 26.4 Å². The molecular formula is C16H15F3NO7S-. The van der Waals surface area contributed by atoms with Crippen molar-refractivity contribution in [1.29, 1.82) is 0 Å². The molecule has 2 N–H and O–H groups in total. The Labute approximate surface area is 157 Å². The second-order valence-corrected chi connectivity index (χ2v) is 6.92. The van der Waals surface area contributed by atoms with E-state index in [9.17, 15) is 26.7 Å². The highest BCUT2D eigenvalue weighted by Gasteiger charge is 2.45. The van der Waals surface area contributed by atoms with Gasteiger partial charge in [0.2, 0.25) is 0 Å². The molecule has 0 aliphatic heterocycles. The Morgan fingerprint density at radius 1 is 1.00 bits per heavy atom. The van der Waals surface area contributed by atoms with Crippen LogP contribution in [0, 0.1) is 0 Å². The number of halogens is 3. The highest BCUT2D eigenvalue weighted by molar-refractivity contribution is 7.91. The molecule has 0 heterocycles. The predicted octanol–water partition coefficient (Wildman–Crippen LogP) is 0.538. The number of rotatable bonds is 8. The summed E-state index contributed by atoms with van der Waals surface area (Å²) < 4.78 is 72.1. The molecule has 0 saturated carbocycles. The Morgan fingerprint density at radius 2 is 1.54 bits per heavy atom. The molecular weight excluding hydrogens is 407 g/mol. The average molecular weight is 422 g/mol. The summed E-state index contributed by atoms with van der Waals surface area (Å²) in [5, 5.41) is 30.4. The van der Waals surface area contributed by atoms with Gasteiger partial charge in [-0.3, -0.25) is 0 Å². The summed E-state index contributed by atoms with van der Waals surface area (Å²) in [6, 6.07) is 6.51. The van der Waals surface area contributed by atoms with E-state index in [1.54, 1.807) is 0 Å². The minimum absolute atomic E-state index is 0.0360. The maximum Gasteiger partial charge on any atom is 0.518 e. The van der Waals surface area contributed by atoms with Gasteiger partial charge >= 0.3 is 15.5 Å². The van der Waals surface area contributed by atoms with E-state index in [0.29, 0.717) is 10.8 Å². The van der Waals surface area contributed by atoms with Crippen LogP contribution in [0.25, 0.3) is 10.8 Å². The first-order valence-corrected chi connectivity index (χ1v) is 9.17. The number of hydrogen-bond acceptors (Lipinski definition) is 7. The second-order valence-electron chi connectivity index (χ2n) is 5.32. The van der Waals surface area contributed by atoms with Crippen molar-refractivity contribution in [3.8, 4) is 11.5 Å². The fraction of sp³-hybridized carbons (Fsp3) is 0.312. The highest BCUT2D eigenvalue weighted by atomic mass is 32.2. The lowest BCUT2D eigenvalue weighted by molar-refractivity contribution is -0.212. The Balaban J connectivity index is 2.49. The predicted molar refractivity (Wildman–Crippen MR) is 90.6 cm³/mol. The van der Waals surface area contributed by atoms with E-state index in [-0.39, 0.29) is 43.5 Å². The largest absolute Gasteiger partial charge is 0.858 e. The van der Waals surface area contributed by atoms with Gasteiger partial charge in [0.1, 0.15) is 13.2 Å². The number of benzene rings is 2. The number of alkyl halides is 3. The first-order chi connectivity index (χ1) is 13.1. The molecule has 2 aromatic carbocycles. The number of ether oxygens (including phenoxy) is 2. The molecule has 0 aliphatic rings. The zero-order valence-electron chi connectivity index (χ0n) is 14.1. The number of aliphatic hydroxyl groups excluding tert-OH is 2. The Kier molecular flexibility index (Phi) is 6.69. The first-order valence-electron chi connectivity index (χ1n) is 7.73. The van der Waals surface area contributed by atoms with Crippen LogP contribution in [0.1, 0.15) is 5.56 Å². The smallest absolute Gasteiger partial charge is 0.518 e. The van der Waals surface area contributed by atoms with Gasteiger partial charge in [0.25, 0.3) is 0 Å². The van der Waals surface area contributed by atoms with Crippen molar-refractivity contribution >= 4 is 26.7 Å². The van der Waals surface area contributed by atoms with Crippen LogP contribution in [0.2, 0.25) is 0 Å². The summed E-state index contributed by atoms with van der Waals surface area (Å²) in [6.07, 6.45) is 0. The minimum Gasteiger partial charge on any atom is -0.858 e. The fourth-order valence-electron chi connectivity index (χ4n) is 2.14. The third-order valence-electron chi connectivity index (χ3n) is 3.34. The van der Waals surface area contributed by atoms with Crippen molar-refractivity contribution in [2.45, 2.75) is 5.51 Å². The monoisotopic (exact) mass is 422 g/mol. The molecule has 0 unspecified atom stereocenters. The molecule has 28 heavy (non-hydrogen) atoms. The quantitative estimate of drug-likeness (QED) is 0.469. The molecule has 0 amide bonds. The van der Waals surface area contributed by atoms with Crippen LogP contribution < -0.4 is 14.6 Å². The van der Waals surface area contributed by atoms with Crippen LogP contribution in [-0.2, 0) is 10.0 Å². The van der Waals surface area contributed by atoms with Gasteiger partial charge in [-0.15, -0.1) is 0 Å². The molecule has 154 valence electrons. The molecule has 0 aromatic heterocycles. The van der Waals surface area contributed by atoms with E-state index in [1.165, 1.54) is 18.2 Å². The SMILES string of the molecule is O=S(=O)(/N=C(\[O-])c1ccc2cc(OCCO)c(OCCO)cc2c1)C(F)(F)F. The van der Waals surface area contributed by atoms with Crippen molar-refractivity contribution in [3.05, 3.63) is 35.9 Å². The third kappa shape index (κ3) is 5.03. The Hall–Kier alpha value is -2.57. The molecule has 12 heteroatoms. The number of hydrogen-bond donors (Lipinski definition) is 2. The summed E-state index contributed by atoms with van der Waals surface area (Å²) in [5.41, 5.74) is -6.05. The van der Waals surface area contributed by atoms with Gasteiger partial charge in [-0.2, -0.15) is 26.0 Å². The van der Waals surface area contributed by atoms with E-state index < -0.39 is 21.4 Å². The van der Waals surface area contributed by atoms with Crippen LogP contribution in [0.15, 0.2) is 34.7 Å². The summed E-state index contributed by atoms with van der Waals surface area (Å²) in [6.45, 7) is -0.686. The molecule has 0 aliphatic carbocycles. The van der Waals surface area contributed by atoms with Gasteiger partial charge in [-0.05, 0) is 34.5 Å². The van der Waals surface area contributed by atoms with Gasteiger partial charge in [0.15, 0.2) is 11.5 Å². The van der Waals surface area contributed by atoms with E-state index in [0.717, 1.165) is 12.1 Å². The van der Waals surface area contributed by atoms with Crippen molar-refractivity contribution < 1.29 is 46.4 Å². The van der Waals surface area contributed by atoms with Crippen molar-refractivity contribution in [3.63, 3.8) is 0 Å². The molecule has 0 saturated heterocycles. The van der Waals surface area contributed by atoms with Crippen LogP contribution >= 0.6 is 0 Å². The standard InChI is InChI=1S/C16H16F3NO7S/c17-16(18,19)28(24,25)20-15(23)11-2-1-10-8-13(26-5-3-21)14(27-6-4-22)9-12(10)7-11/h1-2,7-9,21-22H,3-6H2,(H,20,23)/p-1. The fourth-order valence-corrected chi connectivity index (χ4v) is 2.57. The summed E-state index contributed by atoms with van der Waals surface area (Å²) in [4.78, 5) is 0.